The van der Waals surface area contributed by atoms with Gasteiger partial charge in [0.25, 0.3) is 0 Å². The maximum atomic E-state index is 14.0. The van der Waals surface area contributed by atoms with E-state index in [1.807, 2.05) is 0 Å². The Morgan fingerprint density at radius 2 is 2.39 bits per heavy atom. The third kappa shape index (κ3) is 2.34. The van der Waals surface area contributed by atoms with Gasteiger partial charge >= 0.3 is 0 Å². The minimum atomic E-state index is -0.423. The molecule has 0 spiro atoms. The molecule has 2 rings (SSSR count). The van der Waals surface area contributed by atoms with Gasteiger partial charge in [-0.05, 0) is 0 Å². The van der Waals surface area contributed by atoms with Crippen LogP contribution < -0.4 is 15.4 Å². The van der Waals surface area contributed by atoms with Crippen LogP contribution in [0.15, 0.2) is 12.1 Å². The third-order valence-corrected chi connectivity index (χ3v) is 3.05. The lowest BCUT2D eigenvalue weighted by atomic mass is 10.1. The Labute approximate surface area is 105 Å². The van der Waals surface area contributed by atoms with E-state index in [4.69, 9.17) is 15.2 Å². The molecule has 0 amide bonds. The van der Waals surface area contributed by atoms with Gasteiger partial charge in [-0.3, -0.25) is 0 Å². The van der Waals surface area contributed by atoms with Crippen molar-refractivity contribution >= 4 is 11.4 Å². The summed E-state index contributed by atoms with van der Waals surface area (Å²) in [7, 11) is 1.48. The minimum absolute atomic E-state index is 0.0911. The third-order valence-electron chi connectivity index (χ3n) is 3.05. The number of morpholine rings is 1. The van der Waals surface area contributed by atoms with Crippen LogP contribution in [0.25, 0.3) is 0 Å². The summed E-state index contributed by atoms with van der Waals surface area (Å²) < 4.78 is 24.3. The summed E-state index contributed by atoms with van der Waals surface area (Å²) in [6.07, 6.45) is 0. The van der Waals surface area contributed by atoms with Crippen LogP contribution in [0, 0.1) is 5.82 Å². The predicted molar refractivity (Wildman–Crippen MR) is 66.4 cm³/mol. The molecule has 6 heteroatoms. The van der Waals surface area contributed by atoms with Gasteiger partial charge in [0, 0.05) is 18.7 Å². The van der Waals surface area contributed by atoms with Crippen molar-refractivity contribution in [2.75, 3.05) is 44.1 Å². The van der Waals surface area contributed by atoms with Gasteiger partial charge in [-0.2, -0.15) is 0 Å². The molecule has 1 heterocycles. The monoisotopic (exact) mass is 256 g/mol. The van der Waals surface area contributed by atoms with Gasteiger partial charge in [0.1, 0.15) is 11.6 Å². The smallest absolute Gasteiger partial charge is 0.148 e. The fourth-order valence-corrected chi connectivity index (χ4v) is 2.08. The number of aliphatic hydroxyl groups excluding tert-OH is 1. The van der Waals surface area contributed by atoms with E-state index in [9.17, 15) is 9.50 Å². The first kappa shape index (κ1) is 12.9. The van der Waals surface area contributed by atoms with Crippen molar-refractivity contribution in [1.82, 2.24) is 0 Å². The van der Waals surface area contributed by atoms with Crippen LogP contribution in [-0.2, 0) is 4.74 Å². The topological polar surface area (TPSA) is 68.0 Å². The number of anilines is 2. The highest BCUT2D eigenvalue weighted by atomic mass is 19.1. The molecule has 0 bridgehead atoms. The van der Waals surface area contributed by atoms with Gasteiger partial charge in [0.05, 0.1) is 44.3 Å². The number of halogens is 1. The molecule has 1 fully saturated rings. The summed E-state index contributed by atoms with van der Waals surface area (Å²) in [5.41, 5.74) is 6.28. The Kier molecular flexibility index (Phi) is 3.88. The highest BCUT2D eigenvalue weighted by Gasteiger charge is 2.25. The normalized spacial score (nSPS) is 19.9. The zero-order valence-electron chi connectivity index (χ0n) is 10.2. The summed E-state index contributed by atoms with van der Waals surface area (Å²) in [5.74, 6) is 0.00299. The quantitative estimate of drug-likeness (QED) is 0.776. The van der Waals surface area contributed by atoms with E-state index in [0.717, 1.165) is 0 Å². The van der Waals surface area contributed by atoms with E-state index in [1.165, 1.54) is 13.2 Å². The molecular weight excluding hydrogens is 239 g/mol. The second-order valence-corrected chi connectivity index (χ2v) is 4.15. The lowest BCUT2D eigenvalue weighted by Crippen LogP contribution is -2.48. The van der Waals surface area contributed by atoms with Crippen molar-refractivity contribution in [2.24, 2.45) is 0 Å². The van der Waals surface area contributed by atoms with E-state index in [-0.39, 0.29) is 18.3 Å². The zero-order valence-corrected chi connectivity index (χ0v) is 10.2. The summed E-state index contributed by atoms with van der Waals surface area (Å²) in [4.78, 5) is 1.78. The second kappa shape index (κ2) is 5.41. The molecule has 1 unspecified atom stereocenters. The first-order valence-corrected chi connectivity index (χ1v) is 5.75. The van der Waals surface area contributed by atoms with Crippen LogP contribution in [0.2, 0.25) is 0 Å². The minimum Gasteiger partial charge on any atom is -0.495 e. The summed E-state index contributed by atoms with van der Waals surface area (Å²) in [6, 6.07) is 2.54. The number of ether oxygens (including phenoxy) is 2. The number of nitrogens with zero attached hydrogens (tertiary/aromatic N) is 1. The van der Waals surface area contributed by atoms with Crippen molar-refractivity contribution in [3.05, 3.63) is 17.9 Å². The van der Waals surface area contributed by atoms with E-state index in [2.05, 4.69) is 0 Å². The number of methoxy groups -OCH3 is 1. The van der Waals surface area contributed by atoms with Gasteiger partial charge in [0.2, 0.25) is 0 Å². The number of hydrogen-bond donors (Lipinski definition) is 2. The molecule has 1 aromatic carbocycles. The summed E-state index contributed by atoms with van der Waals surface area (Å²) >= 11 is 0. The molecule has 100 valence electrons. The van der Waals surface area contributed by atoms with Crippen LogP contribution in [0.5, 0.6) is 5.75 Å². The van der Waals surface area contributed by atoms with Crippen LogP contribution in [0.3, 0.4) is 0 Å². The Balaban J connectivity index is 2.36. The van der Waals surface area contributed by atoms with Gasteiger partial charge in [-0.15, -0.1) is 0 Å². The fraction of sp³-hybridized carbons (Fsp3) is 0.500. The Bertz CT molecular complexity index is 428. The molecule has 5 nitrogen and oxygen atoms in total. The Morgan fingerprint density at radius 3 is 3.06 bits per heavy atom. The van der Waals surface area contributed by atoms with Crippen molar-refractivity contribution in [3.8, 4) is 5.75 Å². The first-order valence-electron chi connectivity index (χ1n) is 5.75. The molecular formula is C12H17FN2O3. The van der Waals surface area contributed by atoms with Crippen molar-refractivity contribution in [1.29, 1.82) is 0 Å². The molecule has 3 N–H and O–H groups in total. The van der Waals surface area contributed by atoms with Gasteiger partial charge in [-0.25, -0.2) is 4.39 Å². The Morgan fingerprint density at radius 1 is 1.61 bits per heavy atom. The average Bonchev–Trinajstić information content (AvgIpc) is 2.39. The van der Waals surface area contributed by atoms with Crippen molar-refractivity contribution < 1.29 is 19.0 Å². The van der Waals surface area contributed by atoms with Gasteiger partial charge in [-0.1, -0.05) is 0 Å². The summed E-state index contributed by atoms with van der Waals surface area (Å²) in [5, 5.41) is 9.29. The van der Waals surface area contributed by atoms with Gasteiger partial charge < -0.3 is 25.2 Å². The highest BCUT2D eigenvalue weighted by molar-refractivity contribution is 5.63. The van der Waals surface area contributed by atoms with E-state index >= 15 is 0 Å². The molecule has 0 saturated carbocycles. The maximum absolute atomic E-state index is 14.0. The molecule has 0 aromatic heterocycles. The number of nitrogen functional groups attached to an aromatic ring is 1. The number of hydrogen-bond acceptors (Lipinski definition) is 5. The fourth-order valence-electron chi connectivity index (χ4n) is 2.08. The van der Waals surface area contributed by atoms with Crippen LogP contribution in [0.1, 0.15) is 0 Å². The SMILES string of the molecule is COc1cc(N2CCOCC2CO)c(F)cc1N. The lowest BCUT2D eigenvalue weighted by molar-refractivity contribution is 0.0723. The number of benzene rings is 1. The molecule has 1 atom stereocenters. The Hall–Kier alpha value is -1.53. The van der Waals surface area contributed by atoms with Crippen LogP contribution in [-0.4, -0.2) is 44.6 Å². The number of rotatable bonds is 3. The molecule has 18 heavy (non-hydrogen) atoms. The standard InChI is InChI=1S/C12H17FN2O3/c1-17-12-5-11(9(13)4-10(12)14)15-2-3-18-7-8(15)6-16/h4-5,8,16H,2-3,6-7,14H2,1H3. The molecule has 0 radical (unpaired) electrons. The lowest BCUT2D eigenvalue weighted by Gasteiger charge is -2.36. The van der Waals surface area contributed by atoms with E-state index in [0.29, 0.717) is 31.2 Å². The van der Waals surface area contributed by atoms with E-state index < -0.39 is 5.82 Å². The second-order valence-electron chi connectivity index (χ2n) is 4.15. The molecule has 0 aliphatic carbocycles. The predicted octanol–water partition coefficient (Wildman–Crippen LogP) is 0.614. The molecule has 1 aromatic rings. The van der Waals surface area contributed by atoms with Crippen LogP contribution in [0.4, 0.5) is 15.8 Å². The average molecular weight is 256 g/mol. The first-order chi connectivity index (χ1) is 8.67. The van der Waals surface area contributed by atoms with E-state index in [1.54, 1.807) is 11.0 Å². The molecule has 1 saturated heterocycles. The number of aliphatic hydroxyl groups is 1. The summed E-state index contributed by atoms with van der Waals surface area (Å²) in [6.45, 7) is 1.31. The highest BCUT2D eigenvalue weighted by Crippen LogP contribution is 2.32. The molecule has 1 aliphatic heterocycles. The number of nitrogens with two attached hydrogens (primary N) is 1. The van der Waals surface area contributed by atoms with Crippen LogP contribution >= 0.6 is 0 Å². The zero-order chi connectivity index (χ0) is 13.1. The maximum Gasteiger partial charge on any atom is 0.148 e. The largest absolute Gasteiger partial charge is 0.495 e. The molecule has 1 aliphatic rings. The van der Waals surface area contributed by atoms with Crippen molar-refractivity contribution in [3.63, 3.8) is 0 Å². The van der Waals surface area contributed by atoms with Gasteiger partial charge in [0.15, 0.2) is 0 Å². The van der Waals surface area contributed by atoms with Crippen molar-refractivity contribution in [2.45, 2.75) is 6.04 Å².